The number of pyridine rings is 1. The van der Waals surface area contributed by atoms with Crippen LogP contribution in [0.25, 0.3) is 0 Å². The monoisotopic (exact) mass is 254 g/mol. The van der Waals surface area contributed by atoms with Crippen LogP contribution >= 0.6 is 15.9 Å². The van der Waals surface area contributed by atoms with Crippen LogP contribution in [0.2, 0.25) is 0 Å². The first-order valence-electron chi connectivity index (χ1n) is 5.14. The van der Waals surface area contributed by atoms with Gasteiger partial charge in [0.05, 0.1) is 10.2 Å². The van der Waals surface area contributed by atoms with Gasteiger partial charge in [0.1, 0.15) is 0 Å². The summed E-state index contributed by atoms with van der Waals surface area (Å²) in [5, 5.41) is 3.45. The number of hydrogen-bond donors (Lipinski definition) is 1. The standard InChI is InChI=1S/C11H15BrN2/c1-2-8-5-9(8)6-14-11-3-4-13-7-10(11)12/h3-4,7-9H,2,5-6H2,1H3,(H,13,14). The molecule has 2 nitrogen and oxygen atoms in total. The molecule has 0 radical (unpaired) electrons. The fraction of sp³-hybridized carbons (Fsp3) is 0.545. The van der Waals surface area contributed by atoms with E-state index in [9.17, 15) is 0 Å². The maximum absolute atomic E-state index is 4.03. The first-order valence-corrected chi connectivity index (χ1v) is 5.94. The van der Waals surface area contributed by atoms with Crippen LogP contribution in [0.15, 0.2) is 22.9 Å². The summed E-state index contributed by atoms with van der Waals surface area (Å²) in [6.45, 7) is 3.37. The molecule has 1 saturated carbocycles. The van der Waals surface area contributed by atoms with Gasteiger partial charge in [-0.15, -0.1) is 0 Å². The Bertz CT molecular complexity index is 314. The predicted octanol–water partition coefficient (Wildman–Crippen LogP) is 3.30. The average molecular weight is 255 g/mol. The Morgan fingerprint density at radius 2 is 2.43 bits per heavy atom. The van der Waals surface area contributed by atoms with Gasteiger partial charge in [-0.05, 0) is 40.3 Å². The first-order chi connectivity index (χ1) is 6.81. The summed E-state index contributed by atoms with van der Waals surface area (Å²) >= 11 is 3.47. The molecular formula is C11H15BrN2. The molecule has 2 atom stereocenters. The second kappa shape index (κ2) is 4.30. The summed E-state index contributed by atoms with van der Waals surface area (Å²) in [6, 6.07) is 2.01. The number of anilines is 1. The van der Waals surface area contributed by atoms with E-state index in [1.54, 1.807) is 0 Å². The van der Waals surface area contributed by atoms with E-state index in [-0.39, 0.29) is 0 Å². The largest absolute Gasteiger partial charge is 0.384 e. The lowest BCUT2D eigenvalue weighted by atomic mass is 10.2. The molecule has 1 aliphatic rings. The maximum atomic E-state index is 4.03. The Morgan fingerprint density at radius 1 is 1.57 bits per heavy atom. The fourth-order valence-corrected chi connectivity index (χ4v) is 2.21. The van der Waals surface area contributed by atoms with Gasteiger partial charge in [0.15, 0.2) is 0 Å². The zero-order chi connectivity index (χ0) is 9.97. The maximum Gasteiger partial charge on any atom is 0.0590 e. The fourth-order valence-electron chi connectivity index (χ4n) is 1.82. The van der Waals surface area contributed by atoms with Crippen LogP contribution in [0.5, 0.6) is 0 Å². The highest BCUT2D eigenvalue weighted by Gasteiger charge is 2.34. The molecule has 1 N–H and O–H groups in total. The van der Waals surface area contributed by atoms with Gasteiger partial charge in [-0.25, -0.2) is 0 Å². The number of hydrogen-bond acceptors (Lipinski definition) is 2. The van der Waals surface area contributed by atoms with E-state index in [0.29, 0.717) is 0 Å². The second-order valence-corrected chi connectivity index (χ2v) is 4.75. The third kappa shape index (κ3) is 2.27. The molecule has 1 heterocycles. The van der Waals surface area contributed by atoms with Crippen molar-refractivity contribution in [3.63, 3.8) is 0 Å². The molecule has 2 unspecified atom stereocenters. The third-order valence-electron chi connectivity index (χ3n) is 2.92. The average Bonchev–Trinajstić information content (AvgIpc) is 2.95. The second-order valence-electron chi connectivity index (χ2n) is 3.90. The summed E-state index contributed by atoms with van der Waals surface area (Å²) in [5.74, 6) is 1.85. The van der Waals surface area contributed by atoms with E-state index >= 15 is 0 Å². The molecule has 0 aliphatic heterocycles. The molecular weight excluding hydrogens is 240 g/mol. The smallest absolute Gasteiger partial charge is 0.0590 e. The van der Waals surface area contributed by atoms with Gasteiger partial charge in [-0.2, -0.15) is 0 Å². The van der Waals surface area contributed by atoms with Crippen molar-refractivity contribution in [2.75, 3.05) is 11.9 Å². The number of nitrogens with zero attached hydrogens (tertiary/aromatic N) is 1. The van der Waals surface area contributed by atoms with Crippen LogP contribution in [-0.4, -0.2) is 11.5 Å². The minimum atomic E-state index is 0.889. The Hall–Kier alpha value is -0.570. The van der Waals surface area contributed by atoms with E-state index < -0.39 is 0 Å². The first kappa shape index (κ1) is 9.97. The Balaban J connectivity index is 1.84. The Kier molecular flexibility index (Phi) is 3.06. The van der Waals surface area contributed by atoms with Gasteiger partial charge in [0, 0.05) is 18.9 Å². The Labute approximate surface area is 93.3 Å². The lowest BCUT2D eigenvalue weighted by molar-refractivity contribution is 0.701. The molecule has 1 fully saturated rings. The van der Waals surface area contributed by atoms with Crippen LogP contribution in [-0.2, 0) is 0 Å². The lowest BCUT2D eigenvalue weighted by Crippen LogP contribution is -2.05. The minimum absolute atomic E-state index is 0.889. The zero-order valence-electron chi connectivity index (χ0n) is 8.33. The van der Waals surface area contributed by atoms with Crippen LogP contribution in [0, 0.1) is 11.8 Å². The van der Waals surface area contributed by atoms with Crippen molar-refractivity contribution < 1.29 is 0 Å². The number of halogens is 1. The van der Waals surface area contributed by atoms with Crippen LogP contribution < -0.4 is 5.32 Å². The quantitative estimate of drug-likeness (QED) is 0.892. The minimum Gasteiger partial charge on any atom is -0.384 e. The summed E-state index contributed by atoms with van der Waals surface area (Å²) in [6.07, 6.45) is 6.36. The molecule has 0 amide bonds. The van der Waals surface area contributed by atoms with Gasteiger partial charge in [0.25, 0.3) is 0 Å². The van der Waals surface area contributed by atoms with Gasteiger partial charge < -0.3 is 5.32 Å². The van der Waals surface area contributed by atoms with Crippen LogP contribution in [0.3, 0.4) is 0 Å². The molecule has 14 heavy (non-hydrogen) atoms. The van der Waals surface area contributed by atoms with Crippen molar-refractivity contribution in [1.29, 1.82) is 0 Å². The van der Waals surface area contributed by atoms with Gasteiger partial charge >= 0.3 is 0 Å². The molecule has 0 spiro atoms. The highest BCUT2D eigenvalue weighted by Crippen LogP contribution is 2.41. The number of nitrogens with one attached hydrogen (secondary N) is 1. The van der Waals surface area contributed by atoms with Gasteiger partial charge in [-0.3, -0.25) is 4.98 Å². The SMILES string of the molecule is CCC1CC1CNc1ccncc1Br. The van der Waals surface area contributed by atoms with Crippen LogP contribution in [0.1, 0.15) is 19.8 Å². The van der Waals surface area contributed by atoms with Gasteiger partial charge in [0.2, 0.25) is 0 Å². The molecule has 3 heteroatoms. The van der Waals surface area contributed by atoms with E-state index in [1.165, 1.54) is 12.8 Å². The summed E-state index contributed by atoms with van der Waals surface area (Å²) in [7, 11) is 0. The lowest BCUT2D eigenvalue weighted by Gasteiger charge is -2.06. The number of rotatable bonds is 4. The molecule has 2 rings (SSSR count). The highest BCUT2D eigenvalue weighted by atomic mass is 79.9. The molecule has 1 aromatic rings. The van der Waals surface area contributed by atoms with Crippen LogP contribution in [0.4, 0.5) is 5.69 Å². The Morgan fingerprint density at radius 3 is 3.07 bits per heavy atom. The van der Waals surface area contributed by atoms with E-state index in [1.807, 2.05) is 18.5 Å². The molecule has 0 aromatic carbocycles. The third-order valence-corrected chi connectivity index (χ3v) is 3.55. The summed E-state index contributed by atoms with van der Waals surface area (Å²) in [5.41, 5.74) is 1.15. The summed E-state index contributed by atoms with van der Waals surface area (Å²) < 4.78 is 1.05. The van der Waals surface area contributed by atoms with Crippen molar-refractivity contribution in [2.24, 2.45) is 11.8 Å². The topological polar surface area (TPSA) is 24.9 Å². The van der Waals surface area contributed by atoms with E-state index in [4.69, 9.17) is 0 Å². The van der Waals surface area contributed by atoms with E-state index in [2.05, 4.69) is 33.2 Å². The normalized spacial score (nSPS) is 24.7. The highest BCUT2D eigenvalue weighted by molar-refractivity contribution is 9.10. The predicted molar refractivity (Wildman–Crippen MR) is 62.3 cm³/mol. The van der Waals surface area contributed by atoms with Crippen molar-refractivity contribution in [1.82, 2.24) is 4.98 Å². The number of aromatic nitrogens is 1. The zero-order valence-corrected chi connectivity index (χ0v) is 9.92. The van der Waals surface area contributed by atoms with Crippen molar-refractivity contribution in [3.8, 4) is 0 Å². The molecule has 76 valence electrons. The van der Waals surface area contributed by atoms with Gasteiger partial charge in [-0.1, -0.05) is 13.3 Å². The molecule has 0 saturated heterocycles. The van der Waals surface area contributed by atoms with E-state index in [0.717, 1.165) is 28.5 Å². The van der Waals surface area contributed by atoms with Crippen molar-refractivity contribution in [3.05, 3.63) is 22.9 Å². The summed E-state index contributed by atoms with van der Waals surface area (Å²) in [4.78, 5) is 4.03. The molecule has 1 aromatic heterocycles. The molecule has 0 bridgehead atoms. The van der Waals surface area contributed by atoms with Crippen molar-refractivity contribution >= 4 is 21.6 Å². The molecule has 1 aliphatic carbocycles. The van der Waals surface area contributed by atoms with Crippen molar-refractivity contribution in [2.45, 2.75) is 19.8 Å².